The van der Waals surface area contributed by atoms with E-state index in [2.05, 4.69) is 40.8 Å². The molecule has 3 rings (SSSR count). The summed E-state index contributed by atoms with van der Waals surface area (Å²) < 4.78 is 2.12. The van der Waals surface area contributed by atoms with E-state index in [0.29, 0.717) is 6.04 Å². The van der Waals surface area contributed by atoms with E-state index in [1.165, 1.54) is 24.8 Å². The van der Waals surface area contributed by atoms with E-state index in [0.717, 1.165) is 31.0 Å². The van der Waals surface area contributed by atoms with Gasteiger partial charge in [0, 0.05) is 31.5 Å². The molecule has 1 saturated heterocycles. The van der Waals surface area contributed by atoms with Gasteiger partial charge in [0.2, 0.25) is 0 Å². The number of likely N-dealkylation sites (tertiary alicyclic amines) is 1. The molecule has 0 aromatic carbocycles. The standard InChI is InChI=1S/C15H22N4/c1-12-5-6-15-17-13(11-19(15)9-12)10-18-7-3-2-4-14(18)8-16/h5-6,9,11,14H,2-4,7-8,10,16H2,1H3. The van der Waals surface area contributed by atoms with E-state index >= 15 is 0 Å². The summed E-state index contributed by atoms with van der Waals surface area (Å²) in [5.41, 5.74) is 9.31. The molecule has 19 heavy (non-hydrogen) atoms. The molecule has 0 saturated carbocycles. The molecule has 0 aliphatic carbocycles. The normalized spacial score (nSPS) is 21.1. The zero-order valence-electron chi connectivity index (χ0n) is 11.5. The second-order valence-electron chi connectivity index (χ2n) is 5.56. The highest BCUT2D eigenvalue weighted by Crippen LogP contribution is 2.19. The number of aryl methyl sites for hydroxylation is 1. The van der Waals surface area contributed by atoms with Crippen molar-refractivity contribution in [3.8, 4) is 0 Å². The minimum atomic E-state index is 0.528. The Labute approximate surface area is 114 Å². The number of nitrogens with two attached hydrogens (primary N) is 1. The predicted molar refractivity (Wildman–Crippen MR) is 77.0 cm³/mol. The van der Waals surface area contributed by atoms with Gasteiger partial charge < -0.3 is 10.1 Å². The van der Waals surface area contributed by atoms with Gasteiger partial charge in [-0.25, -0.2) is 4.98 Å². The summed E-state index contributed by atoms with van der Waals surface area (Å²) in [6.07, 6.45) is 8.08. The van der Waals surface area contributed by atoms with Crippen LogP contribution in [0.3, 0.4) is 0 Å². The van der Waals surface area contributed by atoms with Crippen LogP contribution in [0, 0.1) is 6.92 Å². The fourth-order valence-corrected chi connectivity index (χ4v) is 2.97. The predicted octanol–water partition coefficient (Wildman–Crippen LogP) is 1.96. The van der Waals surface area contributed by atoms with Gasteiger partial charge >= 0.3 is 0 Å². The van der Waals surface area contributed by atoms with E-state index in [9.17, 15) is 0 Å². The third kappa shape index (κ3) is 2.65. The van der Waals surface area contributed by atoms with Crippen molar-refractivity contribution in [3.63, 3.8) is 0 Å². The highest BCUT2D eigenvalue weighted by Gasteiger charge is 2.21. The Morgan fingerprint density at radius 2 is 2.21 bits per heavy atom. The first-order valence-corrected chi connectivity index (χ1v) is 7.14. The van der Waals surface area contributed by atoms with Crippen LogP contribution in [0.15, 0.2) is 24.5 Å². The summed E-state index contributed by atoms with van der Waals surface area (Å²) in [5.74, 6) is 0. The van der Waals surface area contributed by atoms with Gasteiger partial charge in [-0.3, -0.25) is 4.90 Å². The Balaban J connectivity index is 1.80. The van der Waals surface area contributed by atoms with Gasteiger partial charge in [0.15, 0.2) is 0 Å². The van der Waals surface area contributed by atoms with Crippen LogP contribution in [0.5, 0.6) is 0 Å². The van der Waals surface area contributed by atoms with Crippen LogP contribution in [0.25, 0.3) is 5.65 Å². The Morgan fingerprint density at radius 1 is 1.32 bits per heavy atom. The maximum Gasteiger partial charge on any atom is 0.137 e. The van der Waals surface area contributed by atoms with Crippen LogP contribution in [0.4, 0.5) is 0 Å². The highest BCUT2D eigenvalue weighted by atomic mass is 15.2. The molecule has 1 aliphatic heterocycles. The zero-order chi connectivity index (χ0) is 13.2. The number of rotatable bonds is 3. The van der Waals surface area contributed by atoms with Gasteiger partial charge in [-0.05, 0) is 37.9 Å². The molecule has 1 aliphatic rings. The second-order valence-corrected chi connectivity index (χ2v) is 5.56. The number of piperidine rings is 1. The lowest BCUT2D eigenvalue weighted by Gasteiger charge is -2.34. The largest absolute Gasteiger partial charge is 0.329 e. The van der Waals surface area contributed by atoms with Gasteiger partial charge in [0.25, 0.3) is 0 Å². The lowest BCUT2D eigenvalue weighted by molar-refractivity contribution is 0.143. The van der Waals surface area contributed by atoms with Crippen LogP contribution < -0.4 is 5.73 Å². The van der Waals surface area contributed by atoms with E-state index in [4.69, 9.17) is 10.7 Å². The fourth-order valence-electron chi connectivity index (χ4n) is 2.97. The zero-order valence-corrected chi connectivity index (χ0v) is 11.5. The second kappa shape index (κ2) is 5.31. The van der Waals surface area contributed by atoms with Crippen LogP contribution in [-0.2, 0) is 6.54 Å². The molecule has 4 heteroatoms. The summed E-state index contributed by atoms with van der Waals surface area (Å²) >= 11 is 0. The van der Waals surface area contributed by atoms with Crippen molar-refractivity contribution in [2.75, 3.05) is 13.1 Å². The van der Waals surface area contributed by atoms with Gasteiger partial charge in [-0.1, -0.05) is 12.5 Å². The van der Waals surface area contributed by atoms with E-state index in [1.54, 1.807) is 0 Å². The molecule has 4 nitrogen and oxygen atoms in total. The van der Waals surface area contributed by atoms with Crippen molar-refractivity contribution in [1.82, 2.24) is 14.3 Å². The third-order valence-electron chi connectivity index (χ3n) is 4.04. The van der Waals surface area contributed by atoms with E-state index in [-0.39, 0.29) is 0 Å². The first-order valence-electron chi connectivity index (χ1n) is 7.14. The molecule has 1 fully saturated rings. The fraction of sp³-hybridized carbons (Fsp3) is 0.533. The molecular weight excluding hydrogens is 236 g/mol. The summed E-state index contributed by atoms with van der Waals surface area (Å²) in [5, 5.41) is 0. The van der Waals surface area contributed by atoms with Gasteiger partial charge in [-0.15, -0.1) is 0 Å². The summed E-state index contributed by atoms with van der Waals surface area (Å²) in [4.78, 5) is 7.18. The molecule has 0 amide bonds. The number of aromatic nitrogens is 2. The summed E-state index contributed by atoms with van der Waals surface area (Å²) in [7, 11) is 0. The van der Waals surface area contributed by atoms with Crippen molar-refractivity contribution in [2.24, 2.45) is 5.73 Å². The molecule has 0 radical (unpaired) electrons. The number of pyridine rings is 1. The molecule has 1 unspecified atom stereocenters. The Bertz CT molecular complexity index is 560. The molecule has 102 valence electrons. The molecule has 1 atom stereocenters. The Kier molecular flexibility index (Phi) is 3.53. The minimum Gasteiger partial charge on any atom is -0.329 e. The Morgan fingerprint density at radius 3 is 3.05 bits per heavy atom. The molecule has 2 N–H and O–H groups in total. The lowest BCUT2D eigenvalue weighted by atomic mass is 10.0. The number of fused-ring (bicyclic) bond motifs is 1. The van der Waals surface area contributed by atoms with Crippen LogP contribution in [-0.4, -0.2) is 33.4 Å². The minimum absolute atomic E-state index is 0.528. The number of imidazole rings is 1. The van der Waals surface area contributed by atoms with Crippen LogP contribution in [0.1, 0.15) is 30.5 Å². The maximum absolute atomic E-state index is 5.87. The average molecular weight is 258 g/mol. The Hall–Kier alpha value is -1.39. The number of nitrogens with zero attached hydrogens (tertiary/aromatic N) is 3. The van der Waals surface area contributed by atoms with E-state index < -0.39 is 0 Å². The van der Waals surface area contributed by atoms with Crippen LogP contribution >= 0.6 is 0 Å². The molecule has 2 aromatic heterocycles. The third-order valence-corrected chi connectivity index (χ3v) is 4.04. The van der Waals surface area contributed by atoms with Crippen molar-refractivity contribution >= 4 is 5.65 Å². The molecular formula is C15H22N4. The first kappa shape index (κ1) is 12.6. The van der Waals surface area contributed by atoms with Gasteiger partial charge in [-0.2, -0.15) is 0 Å². The molecule has 3 heterocycles. The van der Waals surface area contributed by atoms with Crippen LogP contribution in [0.2, 0.25) is 0 Å². The van der Waals surface area contributed by atoms with Crippen molar-refractivity contribution in [2.45, 2.75) is 38.8 Å². The summed E-state index contributed by atoms with van der Waals surface area (Å²) in [6, 6.07) is 4.71. The summed E-state index contributed by atoms with van der Waals surface area (Å²) in [6.45, 7) is 4.93. The van der Waals surface area contributed by atoms with Crippen molar-refractivity contribution < 1.29 is 0 Å². The quantitative estimate of drug-likeness (QED) is 0.915. The topological polar surface area (TPSA) is 46.6 Å². The van der Waals surface area contributed by atoms with Crippen molar-refractivity contribution in [1.29, 1.82) is 0 Å². The van der Waals surface area contributed by atoms with E-state index in [1.807, 2.05) is 0 Å². The maximum atomic E-state index is 5.87. The molecule has 0 bridgehead atoms. The molecule has 2 aromatic rings. The van der Waals surface area contributed by atoms with Crippen molar-refractivity contribution in [3.05, 3.63) is 35.8 Å². The first-order chi connectivity index (χ1) is 9.26. The van der Waals surface area contributed by atoms with Gasteiger partial charge in [0.1, 0.15) is 5.65 Å². The average Bonchev–Trinajstić information content (AvgIpc) is 2.80. The number of hydrogen-bond donors (Lipinski definition) is 1. The lowest BCUT2D eigenvalue weighted by Crippen LogP contribution is -2.43. The smallest absolute Gasteiger partial charge is 0.137 e. The number of hydrogen-bond acceptors (Lipinski definition) is 3. The monoisotopic (exact) mass is 258 g/mol. The van der Waals surface area contributed by atoms with Gasteiger partial charge in [0.05, 0.1) is 5.69 Å². The highest BCUT2D eigenvalue weighted by molar-refractivity contribution is 5.41. The SMILES string of the molecule is Cc1ccc2nc(CN3CCCCC3CN)cn2c1. The molecule has 0 spiro atoms.